The highest BCUT2D eigenvalue weighted by atomic mass is 32.1. The maximum Gasteiger partial charge on any atom is 0.310 e. The number of hydrogen-bond donors (Lipinski definition) is 2. The van der Waals surface area contributed by atoms with Crippen molar-refractivity contribution in [1.29, 1.82) is 0 Å². The average molecular weight is 178 g/mol. The van der Waals surface area contributed by atoms with Crippen LogP contribution in [0, 0.1) is 5.92 Å². The first kappa shape index (κ1) is 8.27. The van der Waals surface area contributed by atoms with Gasteiger partial charge in [0.25, 0.3) is 0 Å². The molecule has 0 aliphatic carbocycles. The second-order valence-corrected chi connectivity index (χ2v) is 3.09. The van der Waals surface area contributed by atoms with Crippen LogP contribution in [0.2, 0.25) is 0 Å². The first-order valence-corrected chi connectivity index (χ1v) is 4.46. The van der Waals surface area contributed by atoms with E-state index in [-0.39, 0.29) is 18.0 Å². The monoisotopic (exact) mass is 178 g/mol. The average Bonchev–Trinajstić information content (AvgIpc) is 2.30. The third-order valence-electron chi connectivity index (χ3n) is 1.59. The lowest BCUT2D eigenvalue weighted by atomic mass is 10.1. The van der Waals surface area contributed by atoms with Crippen LogP contribution in [0.5, 0.6) is 0 Å². The van der Waals surface area contributed by atoms with Crippen LogP contribution in [0.15, 0.2) is 0 Å². The Balaban J connectivity index is 2.44. The maximum atomic E-state index is 10.9. The first-order chi connectivity index (χ1) is 4.77. The largest absolute Gasteiger partial charge is 0.461 e. The minimum absolute atomic E-state index is 0.000448. The number of thiol groups is 2. The Morgan fingerprint density at radius 1 is 1.50 bits per heavy atom. The molecule has 2 atom stereocenters. The molecule has 0 aromatic carbocycles. The van der Waals surface area contributed by atoms with Crippen LogP contribution in [-0.2, 0) is 9.53 Å². The highest BCUT2D eigenvalue weighted by molar-refractivity contribution is 7.80. The molecular formula is C6H10O2S2. The van der Waals surface area contributed by atoms with E-state index in [2.05, 4.69) is 25.3 Å². The SMILES string of the molecule is O=C1O[C@@H](CS)C[C@H]1CS. The second kappa shape index (κ2) is 3.53. The third kappa shape index (κ3) is 1.61. The van der Waals surface area contributed by atoms with Gasteiger partial charge in [-0.1, -0.05) is 0 Å². The number of hydrogen-bond acceptors (Lipinski definition) is 4. The zero-order chi connectivity index (χ0) is 7.56. The molecule has 10 heavy (non-hydrogen) atoms. The van der Waals surface area contributed by atoms with Gasteiger partial charge < -0.3 is 4.74 Å². The number of cyclic esters (lactones) is 1. The zero-order valence-electron chi connectivity index (χ0n) is 5.49. The van der Waals surface area contributed by atoms with Gasteiger partial charge in [-0.25, -0.2) is 0 Å². The lowest BCUT2D eigenvalue weighted by Gasteiger charge is -2.01. The summed E-state index contributed by atoms with van der Waals surface area (Å²) < 4.78 is 4.95. The number of esters is 1. The molecule has 0 aromatic rings. The Labute approximate surface area is 71.1 Å². The topological polar surface area (TPSA) is 26.3 Å². The maximum absolute atomic E-state index is 10.9. The van der Waals surface area contributed by atoms with E-state index in [1.807, 2.05) is 0 Å². The van der Waals surface area contributed by atoms with Gasteiger partial charge in [0, 0.05) is 11.5 Å². The quantitative estimate of drug-likeness (QED) is 0.483. The van der Waals surface area contributed by atoms with Crippen molar-refractivity contribution >= 4 is 31.2 Å². The number of carbonyl (C=O) groups is 1. The van der Waals surface area contributed by atoms with Crippen LogP contribution in [-0.4, -0.2) is 23.6 Å². The molecule has 1 saturated heterocycles. The Hall–Kier alpha value is 0.170. The molecule has 1 rings (SSSR count). The van der Waals surface area contributed by atoms with E-state index in [1.54, 1.807) is 0 Å². The van der Waals surface area contributed by atoms with Crippen molar-refractivity contribution in [2.45, 2.75) is 12.5 Å². The molecule has 1 aliphatic rings. The van der Waals surface area contributed by atoms with Gasteiger partial charge in [-0.05, 0) is 6.42 Å². The molecule has 0 radical (unpaired) electrons. The summed E-state index contributed by atoms with van der Waals surface area (Å²) in [4.78, 5) is 10.9. The number of carbonyl (C=O) groups excluding carboxylic acids is 1. The van der Waals surface area contributed by atoms with Crippen molar-refractivity contribution in [2.75, 3.05) is 11.5 Å². The Morgan fingerprint density at radius 2 is 2.20 bits per heavy atom. The molecule has 0 bridgehead atoms. The summed E-state index contributed by atoms with van der Waals surface area (Å²) >= 11 is 8.06. The van der Waals surface area contributed by atoms with Gasteiger partial charge in [0.2, 0.25) is 0 Å². The van der Waals surface area contributed by atoms with E-state index >= 15 is 0 Å². The molecule has 4 heteroatoms. The van der Waals surface area contributed by atoms with E-state index in [0.29, 0.717) is 11.5 Å². The van der Waals surface area contributed by atoms with E-state index in [1.165, 1.54) is 0 Å². The second-order valence-electron chi connectivity index (χ2n) is 2.36. The predicted molar refractivity (Wildman–Crippen MR) is 45.7 cm³/mol. The Morgan fingerprint density at radius 3 is 2.50 bits per heavy atom. The van der Waals surface area contributed by atoms with Crippen molar-refractivity contribution in [3.63, 3.8) is 0 Å². The first-order valence-electron chi connectivity index (χ1n) is 3.20. The fraction of sp³-hybridized carbons (Fsp3) is 0.833. The van der Waals surface area contributed by atoms with Crippen molar-refractivity contribution in [3.05, 3.63) is 0 Å². The standard InChI is InChI=1S/C6H10O2S2/c7-6-4(2-9)1-5(3-10)8-6/h4-5,9-10H,1-3H2/t4-,5+/m0/s1. The minimum Gasteiger partial charge on any atom is -0.461 e. The smallest absolute Gasteiger partial charge is 0.310 e. The Bertz CT molecular complexity index is 138. The van der Waals surface area contributed by atoms with Gasteiger partial charge in [0.05, 0.1) is 5.92 Å². The molecule has 0 unspecified atom stereocenters. The summed E-state index contributed by atoms with van der Waals surface area (Å²) in [5, 5.41) is 0. The molecule has 2 nitrogen and oxygen atoms in total. The Kier molecular flexibility index (Phi) is 2.92. The van der Waals surface area contributed by atoms with Crippen molar-refractivity contribution in [2.24, 2.45) is 5.92 Å². The number of rotatable bonds is 2. The van der Waals surface area contributed by atoms with Gasteiger partial charge in [-0.3, -0.25) is 4.79 Å². The molecule has 0 amide bonds. The summed E-state index contributed by atoms with van der Waals surface area (Å²) in [6.45, 7) is 0. The molecule has 1 fully saturated rings. The van der Waals surface area contributed by atoms with Crippen LogP contribution in [0.3, 0.4) is 0 Å². The highest BCUT2D eigenvalue weighted by Crippen LogP contribution is 2.22. The third-order valence-corrected chi connectivity index (χ3v) is 2.44. The van der Waals surface area contributed by atoms with Gasteiger partial charge >= 0.3 is 5.97 Å². The van der Waals surface area contributed by atoms with Crippen molar-refractivity contribution in [1.82, 2.24) is 0 Å². The highest BCUT2D eigenvalue weighted by Gasteiger charge is 2.32. The van der Waals surface area contributed by atoms with Gasteiger partial charge in [0.15, 0.2) is 0 Å². The molecule has 0 N–H and O–H groups in total. The van der Waals surface area contributed by atoms with E-state index in [9.17, 15) is 4.79 Å². The fourth-order valence-electron chi connectivity index (χ4n) is 0.983. The minimum atomic E-state index is -0.117. The van der Waals surface area contributed by atoms with Crippen LogP contribution >= 0.6 is 25.3 Å². The van der Waals surface area contributed by atoms with Gasteiger partial charge in [0.1, 0.15) is 6.10 Å². The van der Waals surface area contributed by atoms with Crippen molar-refractivity contribution in [3.8, 4) is 0 Å². The fourth-order valence-corrected chi connectivity index (χ4v) is 1.50. The van der Waals surface area contributed by atoms with E-state index < -0.39 is 0 Å². The summed E-state index contributed by atoms with van der Waals surface area (Å²) in [5.74, 6) is 1.09. The van der Waals surface area contributed by atoms with E-state index in [4.69, 9.17) is 4.74 Å². The lowest BCUT2D eigenvalue weighted by Crippen LogP contribution is -2.08. The van der Waals surface area contributed by atoms with E-state index in [0.717, 1.165) is 6.42 Å². The normalized spacial score (nSPS) is 32.4. The molecule has 58 valence electrons. The predicted octanol–water partition coefficient (Wildman–Crippen LogP) is 0.778. The van der Waals surface area contributed by atoms with Crippen LogP contribution < -0.4 is 0 Å². The molecule has 1 aliphatic heterocycles. The number of ether oxygens (including phenoxy) is 1. The summed E-state index contributed by atoms with van der Waals surface area (Å²) in [7, 11) is 0. The van der Waals surface area contributed by atoms with Gasteiger partial charge in [-0.2, -0.15) is 25.3 Å². The summed E-state index contributed by atoms with van der Waals surface area (Å²) in [6.07, 6.45) is 0.805. The lowest BCUT2D eigenvalue weighted by molar-refractivity contribution is -0.143. The molecule has 0 saturated carbocycles. The van der Waals surface area contributed by atoms with Crippen LogP contribution in [0.4, 0.5) is 0 Å². The molecule has 0 aromatic heterocycles. The van der Waals surface area contributed by atoms with Crippen LogP contribution in [0.1, 0.15) is 6.42 Å². The summed E-state index contributed by atoms with van der Waals surface area (Å²) in [5.41, 5.74) is 0. The van der Waals surface area contributed by atoms with Gasteiger partial charge in [-0.15, -0.1) is 0 Å². The molecular weight excluding hydrogens is 168 g/mol. The molecule has 1 heterocycles. The van der Waals surface area contributed by atoms with Crippen LogP contribution in [0.25, 0.3) is 0 Å². The van der Waals surface area contributed by atoms with Crippen molar-refractivity contribution < 1.29 is 9.53 Å². The zero-order valence-corrected chi connectivity index (χ0v) is 7.28. The molecule has 0 spiro atoms. The summed E-state index contributed by atoms with van der Waals surface area (Å²) in [6, 6.07) is 0.